The van der Waals surface area contributed by atoms with Gasteiger partial charge >= 0.3 is 11.9 Å². The summed E-state index contributed by atoms with van der Waals surface area (Å²) < 4.78 is 11.2. The maximum Gasteiger partial charge on any atom is 0.328 e. The Bertz CT molecular complexity index is 1840. The topological polar surface area (TPSA) is 138 Å². The lowest BCUT2D eigenvalue weighted by molar-refractivity contribution is -0.153. The van der Waals surface area contributed by atoms with Crippen molar-refractivity contribution < 1.29 is 28.7 Å². The largest absolute Gasteiger partial charge is 0.461 e. The molecular weight excluding hydrogens is 582 g/mol. The molecule has 2 atom stereocenters. The van der Waals surface area contributed by atoms with Gasteiger partial charge in [-0.15, -0.1) is 0 Å². The van der Waals surface area contributed by atoms with Crippen molar-refractivity contribution in [2.45, 2.75) is 50.9 Å². The van der Waals surface area contributed by atoms with Gasteiger partial charge in [-0.3, -0.25) is 19.4 Å². The summed E-state index contributed by atoms with van der Waals surface area (Å²) in [6, 6.07) is 31.0. The summed E-state index contributed by atoms with van der Waals surface area (Å²) in [5.74, 6) is -2.36. The Hall–Kier alpha value is -5.57. The number of rotatable bonds is 14. The highest BCUT2D eigenvalue weighted by Gasteiger charge is 2.27. The van der Waals surface area contributed by atoms with Gasteiger partial charge in [0.15, 0.2) is 0 Å². The second-order valence-corrected chi connectivity index (χ2v) is 11.1. The summed E-state index contributed by atoms with van der Waals surface area (Å²) in [4.78, 5) is 55.5. The monoisotopic (exact) mass is 617 g/mol. The summed E-state index contributed by atoms with van der Waals surface area (Å²) in [6.07, 6.45) is 1.15. The zero-order valence-corrected chi connectivity index (χ0v) is 25.3. The molecule has 0 unspecified atom stereocenters. The molecule has 5 aromatic rings. The number of primary amides is 1. The van der Waals surface area contributed by atoms with Gasteiger partial charge in [0.2, 0.25) is 5.91 Å². The maximum atomic E-state index is 13.6. The van der Waals surface area contributed by atoms with Gasteiger partial charge < -0.3 is 20.5 Å². The van der Waals surface area contributed by atoms with Gasteiger partial charge in [0.1, 0.15) is 24.4 Å². The minimum absolute atomic E-state index is 0.0303. The number of nitrogens with one attached hydrogen (secondary N) is 1. The normalized spacial score (nSPS) is 12.3. The van der Waals surface area contributed by atoms with Crippen LogP contribution in [0.2, 0.25) is 0 Å². The Labute approximate surface area is 266 Å². The summed E-state index contributed by atoms with van der Waals surface area (Å²) >= 11 is 0. The standard InChI is InChI=1S/C37H35N3O6/c38-34(41)22-31(20-26-17-18-27-11-4-5-12-28(27)19-26)46-37(44)32(15-8-16-35(42)45-24-25-9-2-1-3-10-25)40-36(43)33-21-29-13-6-7-14-30(29)23-39-33/h1-7,9-14,17-19,21,23,31-32H,8,15-16,20,22,24H2,(H2,38,41)(H,40,43)/t31-,32-/m0/s1. The van der Waals surface area contributed by atoms with Crippen molar-refractivity contribution in [2.75, 3.05) is 0 Å². The van der Waals surface area contributed by atoms with E-state index in [0.29, 0.717) is 0 Å². The molecule has 0 fully saturated rings. The van der Waals surface area contributed by atoms with Gasteiger partial charge in [0.25, 0.3) is 5.91 Å². The van der Waals surface area contributed by atoms with Crippen LogP contribution in [0.1, 0.15) is 47.3 Å². The van der Waals surface area contributed by atoms with Crippen LogP contribution in [0.5, 0.6) is 0 Å². The van der Waals surface area contributed by atoms with Crippen molar-refractivity contribution in [3.05, 3.63) is 126 Å². The first kappa shape index (κ1) is 31.8. The van der Waals surface area contributed by atoms with E-state index >= 15 is 0 Å². The Balaban J connectivity index is 1.28. The molecule has 9 nitrogen and oxygen atoms in total. The van der Waals surface area contributed by atoms with Crippen LogP contribution in [0.4, 0.5) is 0 Å². The second-order valence-electron chi connectivity index (χ2n) is 11.1. The number of carbonyl (C=O) groups excluding carboxylic acids is 4. The number of carbonyl (C=O) groups is 4. The lowest BCUT2D eigenvalue weighted by Crippen LogP contribution is -2.44. The first-order chi connectivity index (χ1) is 22.3. The fourth-order valence-corrected chi connectivity index (χ4v) is 5.20. The van der Waals surface area contributed by atoms with Crippen LogP contribution < -0.4 is 11.1 Å². The number of aromatic nitrogens is 1. The Morgan fingerprint density at radius 3 is 2.17 bits per heavy atom. The van der Waals surface area contributed by atoms with Gasteiger partial charge in [-0.2, -0.15) is 0 Å². The number of fused-ring (bicyclic) bond motifs is 2. The van der Waals surface area contributed by atoms with Crippen molar-refractivity contribution in [2.24, 2.45) is 5.73 Å². The van der Waals surface area contributed by atoms with E-state index in [0.717, 1.165) is 32.7 Å². The number of benzene rings is 4. The summed E-state index contributed by atoms with van der Waals surface area (Å²) in [6.45, 7) is 0.138. The third kappa shape index (κ3) is 8.98. The van der Waals surface area contributed by atoms with Crippen LogP contribution >= 0.6 is 0 Å². The summed E-state index contributed by atoms with van der Waals surface area (Å²) in [5.41, 5.74) is 7.37. The highest BCUT2D eigenvalue weighted by molar-refractivity contribution is 5.98. The number of pyridine rings is 1. The van der Waals surface area contributed by atoms with E-state index in [-0.39, 0.29) is 44.4 Å². The number of nitrogens with zero attached hydrogens (tertiary/aromatic N) is 1. The number of hydrogen-bond donors (Lipinski definition) is 2. The SMILES string of the molecule is NC(=O)C[C@H](Cc1ccc2ccccc2c1)OC(=O)[C@H](CCCC(=O)OCc1ccccc1)NC(=O)c1cc2ccccc2cn1. The molecular formula is C37H35N3O6. The first-order valence-corrected chi connectivity index (χ1v) is 15.2. The zero-order valence-electron chi connectivity index (χ0n) is 25.3. The van der Waals surface area contributed by atoms with Gasteiger partial charge in [0, 0.05) is 24.4 Å². The van der Waals surface area contributed by atoms with E-state index in [1.807, 2.05) is 97.1 Å². The molecule has 234 valence electrons. The van der Waals surface area contributed by atoms with Crippen molar-refractivity contribution in [1.82, 2.24) is 10.3 Å². The lowest BCUT2D eigenvalue weighted by Gasteiger charge is -2.22. The molecule has 0 spiro atoms. The Kier molecular flexibility index (Phi) is 10.7. The third-order valence-corrected chi connectivity index (χ3v) is 7.56. The number of hydrogen-bond acceptors (Lipinski definition) is 7. The molecule has 0 bridgehead atoms. The van der Waals surface area contributed by atoms with E-state index in [1.54, 1.807) is 12.3 Å². The number of amides is 2. The highest BCUT2D eigenvalue weighted by Crippen LogP contribution is 2.20. The van der Waals surface area contributed by atoms with Crippen molar-refractivity contribution >= 4 is 45.3 Å². The van der Waals surface area contributed by atoms with Gasteiger partial charge in [-0.1, -0.05) is 97.1 Å². The smallest absolute Gasteiger partial charge is 0.328 e. The van der Waals surface area contributed by atoms with Crippen LogP contribution in [-0.4, -0.2) is 40.9 Å². The second kappa shape index (κ2) is 15.4. The molecule has 46 heavy (non-hydrogen) atoms. The average Bonchev–Trinajstić information content (AvgIpc) is 3.06. The van der Waals surface area contributed by atoms with E-state index in [9.17, 15) is 19.2 Å². The molecule has 9 heteroatoms. The van der Waals surface area contributed by atoms with E-state index in [2.05, 4.69) is 10.3 Å². The summed E-state index contributed by atoms with van der Waals surface area (Å²) in [7, 11) is 0. The predicted molar refractivity (Wildman–Crippen MR) is 174 cm³/mol. The molecule has 5 rings (SSSR count). The molecule has 0 aliphatic carbocycles. The highest BCUT2D eigenvalue weighted by atomic mass is 16.5. The quantitative estimate of drug-likeness (QED) is 0.159. The molecule has 2 amide bonds. The maximum absolute atomic E-state index is 13.6. The number of nitrogens with two attached hydrogens (primary N) is 1. The van der Waals surface area contributed by atoms with Gasteiger partial charge in [-0.05, 0) is 46.2 Å². The van der Waals surface area contributed by atoms with Gasteiger partial charge in [0.05, 0.1) is 6.42 Å². The molecule has 0 radical (unpaired) electrons. The molecule has 4 aromatic carbocycles. The minimum Gasteiger partial charge on any atom is -0.461 e. The van der Waals surface area contributed by atoms with Crippen LogP contribution in [0.3, 0.4) is 0 Å². The molecule has 3 N–H and O–H groups in total. The van der Waals surface area contributed by atoms with Crippen LogP contribution in [0.15, 0.2) is 109 Å². The predicted octanol–water partition coefficient (Wildman–Crippen LogP) is 5.43. The fourth-order valence-electron chi connectivity index (χ4n) is 5.20. The lowest BCUT2D eigenvalue weighted by atomic mass is 10.0. The van der Waals surface area contributed by atoms with Crippen LogP contribution in [0.25, 0.3) is 21.5 Å². The van der Waals surface area contributed by atoms with Crippen molar-refractivity contribution in [3.63, 3.8) is 0 Å². The number of ether oxygens (including phenoxy) is 2. The molecule has 0 aliphatic heterocycles. The molecule has 1 heterocycles. The molecule has 0 saturated carbocycles. The van der Waals surface area contributed by atoms with Crippen LogP contribution in [-0.2, 0) is 36.9 Å². The summed E-state index contributed by atoms with van der Waals surface area (Å²) in [5, 5.41) is 6.49. The first-order valence-electron chi connectivity index (χ1n) is 15.2. The zero-order chi connectivity index (χ0) is 32.3. The van der Waals surface area contributed by atoms with Crippen molar-refractivity contribution in [3.8, 4) is 0 Å². The third-order valence-electron chi connectivity index (χ3n) is 7.56. The van der Waals surface area contributed by atoms with E-state index < -0.39 is 35.9 Å². The van der Waals surface area contributed by atoms with Gasteiger partial charge in [-0.25, -0.2) is 4.79 Å². The average molecular weight is 618 g/mol. The van der Waals surface area contributed by atoms with E-state index in [4.69, 9.17) is 15.2 Å². The number of esters is 2. The van der Waals surface area contributed by atoms with E-state index in [1.165, 1.54) is 0 Å². The molecule has 0 aliphatic rings. The molecule has 1 aromatic heterocycles. The minimum atomic E-state index is -1.12. The molecule has 0 saturated heterocycles. The Morgan fingerprint density at radius 2 is 1.43 bits per heavy atom. The Morgan fingerprint density at radius 1 is 0.761 bits per heavy atom. The van der Waals surface area contributed by atoms with Crippen LogP contribution in [0, 0.1) is 0 Å². The fraction of sp³-hybridized carbons (Fsp3) is 0.216. The van der Waals surface area contributed by atoms with Crippen molar-refractivity contribution in [1.29, 1.82) is 0 Å².